The fraction of sp³-hybridized carbons (Fsp3) is 0.588. The van der Waals surface area contributed by atoms with Gasteiger partial charge in [0.2, 0.25) is 0 Å². The molecule has 1 aromatic rings. The molecule has 0 aliphatic carbocycles. The lowest BCUT2D eigenvalue weighted by molar-refractivity contribution is 0.0696. The fourth-order valence-corrected chi connectivity index (χ4v) is 3.09. The number of piperidine rings is 1. The van der Waals surface area contributed by atoms with Gasteiger partial charge in [-0.3, -0.25) is 4.90 Å². The zero-order chi connectivity index (χ0) is 15.1. The van der Waals surface area contributed by atoms with E-state index in [9.17, 15) is 4.79 Å². The summed E-state index contributed by atoms with van der Waals surface area (Å²) in [4.78, 5) is 13.5. The number of nitrogens with one attached hydrogen (secondary N) is 1. The molecule has 2 N–H and O–H groups in total. The highest BCUT2D eigenvalue weighted by Crippen LogP contribution is 2.18. The van der Waals surface area contributed by atoms with E-state index in [-0.39, 0.29) is 0 Å². The summed E-state index contributed by atoms with van der Waals surface area (Å²) in [5.74, 6) is -0.865. The van der Waals surface area contributed by atoms with Gasteiger partial charge in [-0.1, -0.05) is 25.5 Å². The number of nitrogens with zero attached hydrogens (tertiary/aromatic N) is 1. The molecule has 0 saturated carbocycles. The van der Waals surface area contributed by atoms with Crippen LogP contribution in [0.3, 0.4) is 0 Å². The number of carboxylic acid groups (broad SMARTS) is 1. The Balaban J connectivity index is 1.74. The first-order valence-electron chi connectivity index (χ1n) is 7.97. The van der Waals surface area contributed by atoms with Crippen molar-refractivity contribution < 1.29 is 9.90 Å². The smallest absolute Gasteiger partial charge is 0.335 e. The first-order chi connectivity index (χ1) is 10.2. The van der Waals surface area contributed by atoms with Crippen molar-refractivity contribution in [1.29, 1.82) is 0 Å². The van der Waals surface area contributed by atoms with E-state index in [2.05, 4.69) is 17.1 Å². The molecule has 4 heteroatoms. The summed E-state index contributed by atoms with van der Waals surface area (Å²) in [6.07, 6.45) is 5.25. The van der Waals surface area contributed by atoms with Crippen molar-refractivity contribution in [2.75, 3.05) is 19.6 Å². The molecular formula is C17H26N2O2. The predicted molar refractivity (Wildman–Crippen MR) is 84.6 cm³/mol. The quantitative estimate of drug-likeness (QED) is 0.758. The van der Waals surface area contributed by atoms with Crippen LogP contribution in [0.1, 0.15) is 48.5 Å². The molecule has 116 valence electrons. The third-order valence-electron chi connectivity index (χ3n) is 4.30. The minimum Gasteiger partial charge on any atom is -0.478 e. The van der Waals surface area contributed by atoms with Gasteiger partial charge in [-0.15, -0.1) is 0 Å². The molecule has 21 heavy (non-hydrogen) atoms. The number of carboxylic acids is 1. The fourth-order valence-electron chi connectivity index (χ4n) is 3.09. The van der Waals surface area contributed by atoms with Crippen LogP contribution in [0.2, 0.25) is 0 Å². The molecule has 0 radical (unpaired) electrons. The van der Waals surface area contributed by atoms with Gasteiger partial charge in [0.05, 0.1) is 5.56 Å². The van der Waals surface area contributed by atoms with Gasteiger partial charge in [0.15, 0.2) is 0 Å². The molecule has 2 rings (SSSR count). The number of hydrogen-bond donors (Lipinski definition) is 2. The lowest BCUT2D eigenvalue weighted by Gasteiger charge is -2.35. The Morgan fingerprint density at radius 2 is 2.29 bits per heavy atom. The molecule has 4 nitrogen and oxygen atoms in total. The van der Waals surface area contributed by atoms with Crippen molar-refractivity contribution in [3.8, 4) is 0 Å². The maximum absolute atomic E-state index is 10.9. The molecule has 0 amide bonds. The monoisotopic (exact) mass is 290 g/mol. The number of hydrogen-bond acceptors (Lipinski definition) is 3. The molecular weight excluding hydrogens is 264 g/mol. The minimum atomic E-state index is -0.865. The summed E-state index contributed by atoms with van der Waals surface area (Å²) in [5, 5.41) is 12.4. The van der Waals surface area contributed by atoms with Gasteiger partial charge in [-0.25, -0.2) is 4.79 Å². The summed E-state index contributed by atoms with van der Waals surface area (Å²) >= 11 is 0. The standard InChI is InChI=1S/C17H26N2O2/c1-2-16-8-3-4-10-19(16)11-9-18-13-14-6-5-7-15(12-14)17(20)21/h5-7,12,16,18H,2-4,8-11,13H2,1H3,(H,20,21). The Labute approximate surface area is 127 Å². The molecule has 0 bridgehead atoms. The van der Waals surface area contributed by atoms with Crippen LogP contribution in [-0.4, -0.2) is 41.7 Å². The Bertz CT molecular complexity index is 462. The molecule has 1 atom stereocenters. The number of rotatable bonds is 7. The lowest BCUT2D eigenvalue weighted by atomic mass is 10.0. The van der Waals surface area contributed by atoms with E-state index < -0.39 is 5.97 Å². The second-order valence-corrected chi connectivity index (χ2v) is 5.78. The van der Waals surface area contributed by atoms with Crippen molar-refractivity contribution in [2.24, 2.45) is 0 Å². The summed E-state index contributed by atoms with van der Waals surface area (Å²) in [5.41, 5.74) is 1.39. The normalized spacial score (nSPS) is 19.6. The molecule has 1 aliphatic heterocycles. The Morgan fingerprint density at radius 1 is 1.43 bits per heavy atom. The van der Waals surface area contributed by atoms with E-state index in [1.54, 1.807) is 18.2 Å². The second-order valence-electron chi connectivity index (χ2n) is 5.78. The average molecular weight is 290 g/mol. The molecule has 1 fully saturated rings. The summed E-state index contributed by atoms with van der Waals surface area (Å²) in [6, 6.07) is 7.89. The van der Waals surface area contributed by atoms with Gasteiger partial charge in [0, 0.05) is 25.7 Å². The largest absolute Gasteiger partial charge is 0.478 e. The van der Waals surface area contributed by atoms with Gasteiger partial charge in [-0.05, 0) is 43.5 Å². The summed E-state index contributed by atoms with van der Waals surface area (Å²) < 4.78 is 0. The van der Waals surface area contributed by atoms with Crippen molar-refractivity contribution in [3.05, 3.63) is 35.4 Å². The highest BCUT2D eigenvalue weighted by atomic mass is 16.4. The highest BCUT2D eigenvalue weighted by molar-refractivity contribution is 5.87. The van der Waals surface area contributed by atoms with Crippen LogP contribution in [0.25, 0.3) is 0 Å². The van der Waals surface area contributed by atoms with Gasteiger partial charge in [-0.2, -0.15) is 0 Å². The molecule has 1 saturated heterocycles. The van der Waals surface area contributed by atoms with Crippen molar-refractivity contribution in [3.63, 3.8) is 0 Å². The maximum atomic E-state index is 10.9. The van der Waals surface area contributed by atoms with E-state index in [4.69, 9.17) is 5.11 Å². The first-order valence-corrected chi connectivity index (χ1v) is 7.97. The summed E-state index contributed by atoms with van der Waals surface area (Å²) in [7, 11) is 0. The van der Waals surface area contributed by atoms with Crippen molar-refractivity contribution in [2.45, 2.75) is 45.2 Å². The topological polar surface area (TPSA) is 52.6 Å². The summed E-state index contributed by atoms with van der Waals surface area (Å²) in [6.45, 7) is 6.25. The molecule has 1 heterocycles. The Hall–Kier alpha value is -1.39. The Kier molecular flexibility index (Phi) is 6.21. The molecule has 1 aliphatic rings. The van der Waals surface area contributed by atoms with E-state index >= 15 is 0 Å². The molecule has 1 unspecified atom stereocenters. The number of carbonyl (C=O) groups is 1. The van der Waals surface area contributed by atoms with Gasteiger partial charge >= 0.3 is 5.97 Å². The third-order valence-corrected chi connectivity index (χ3v) is 4.30. The van der Waals surface area contributed by atoms with Gasteiger partial charge < -0.3 is 10.4 Å². The van der Waals surface area contributed by atoms with Crippen LogP contribution in [0.4, 0.5) is 0 Å². The molecule has 0 aromatic heterocycles. The molecule has 0 spiro atoms. The van der Waals surface area contributed by atoms with Gasteiger partial charge in [0.1, 0.15) is 0 Å². The molecule has 1 aromatic carbocycles. The Morgan fingerprint density at radius 3 is 3.05 bits per heavy atom. The average Bonchev–Trinajstić information content (AvgIpc) is 2.52. The van der Waals surface area contributed by atoms with E-state index in [1.807, 2.05) is 6.07 Å². The van der Waals surface area contributed by atoms with E-state index in [1.165, 1.54) is 32.2 Å². The number of benzene rings is 1. The minimum absolute atomic E-state index is 0.358. The maximum Gasteiger partial charge on any atom is 0.335 e. The highest BCUT2D eigenvalue weighted by Gasteiger charge is 2.19. The van der Waals surface area contributed by atoms with Crippen LogP contribution in [0.5, 0.6) is 0 Å². The number of likely N-dealkylation sites (tertiary alicyclic amines) is 1. The number of aromatic carboxylic acids is 1. The van der Waals surface area contributed by atoms with Crippen LogP contribution >= 0.6 is 0 Å². The van der Waals surface area contributed by atoms with Crippen LogP contribution < -0.4 is 5.32 Å². The SMILES string of the molecule is CCC1CCCCN1CCNCc1cccc(C(=O)O)c1. The van der Waals surface area contributed by atoms with Crippen molar-refractivity contribution >= 4 is 5.97 Å². The second kappa shape index (κ2) is 8.15. The first kappa shape index (κ1) is 16.0. The predicted octanol–water partition coefficient (Wildman–Crippen LogP) is 2.74. The van der Waals surface area contributed by atoms with Gasteiger partial charge in [0.25, 0.3) is 0 Å². The zero-order valence-corrected chi connectivity index (χ0v) is 12.8. The van der Waals surface area contributed by atoms with E-state index in [0.717, 1.165) is 31.2 Å². The van der Waals surface area contributed by atoms with Crippen LogP contribution in [-0.2, 0) is 6.54 Å². The zero-order valence-electron chi connectivity index (χ0n) is 12.8. The van der Waals surface area contributed by atoms with Crippen LogP contribution in [0.15, 0.2) is 24.3 Å². The third kappa shape index (κ3) is 4.83. The van der Waals surface area contributed by atoms with Crippen LogP contribution in [0, 0.1) is 0 Å². The van der Waals surface area contributed by atoms with E-state index in [0.29, 0.717) is 5.56 Å². The van der Waals surface area contributed by atoms with Crippen molar-refractivity contribution in [1.82, 2.24) is 10.2 Å². The lowest BCUT2D eigenvalue weighted by Crippen LogP contribution is -2.42.